The van der Waals surface area contributed by atoms with Gasteiger partial charge in [-0.05, 0) is 42.3 Å². The van der Waals surface area contributed by atoms with Crippen molar-refractivity contribution in [3.05, 3.63) is 54.1 Å². The molecule has 27 heavy (non-hydrogen) atoms. The van der Waals surface area contributed by atoms with E-state index in [9.17, 15) is 13.2 Å². The Kier molecular flexibility index (Phi) is 6.85. The molecule has 0 unspecified atom stereocenters. The summed E-state index contributed by atoms with van der Waals surface area (Å²) in [7, 11) is 0.344. The van der Waals surface area contributed by atoms with Gasteiger partial charge in [0, 0.05) is 38.4 Å². The molecule has 0 saturated heterocycles. The first-order valence-corrected chi connectivity index (χ1v) is 10.7. The van der Waals surface area contributed by atoms with Crippen LogP contribution in [0.15, 0.2) is 48.5 Å². The first-order valence-electron chi connectivity index (χ1n) is 8.85. The minimum Gasteiger partial charge on any atom is -0.378 e. The third-order valence-corrected chi connectivity index (χ3v) is 5.46. The quantitative estimate of drug-likeness (QED) is 0.753. The molecule has 0 radical (unpaired) electrons. The van der Waals surface area contributed by atoms with Gasteiger partial charge < -0.3 is 10.2 Å². The number of sulfonamides is 1. The summed E-state index contributed by atoms with van der Waals surface area (Å²) in [5.41, 5.74) is 3.34. The van der Waals surface area contributed by atoms with E-state index in [-0.39, 0.29) is 18.9 Å². The van der Waals surface area contributed by atoms with Crippen LogP contribution in [0.3, 0.4) is 0 Å². The van der Waals surface area contributed by atoms with Gasteiger partial charge in [0.15, 0.2) is 0 Å². The lowest BCUT2D eigenvalue weighted by atomic mass is 10.1. The molecular weight excluding hydrogens is 362 g/mol. The Balaban J connectivity index is 2.09. The summed E-state index contributed by atoms with van der Waals surface area (Å²) < 4.78 is 25.7. The van der Waals surface area contributed by atoms with Crippen molar-refractivity contribution in [2.75, 3.05) is 41.4 Å². The van der Waals surface area contributed by atoms with E-state index >= 15 is 0 Å². The van der Waals surface area contributed by atoms with E-state index in [1.165, 1.54) is 4.31 Å². The van der Waals surface area contributed by atoms with Crippen molar-refractivity contribution >= 4 is 33.0 Å². The van der Waals surface area contributed by atoms with E-state index in [0.29, 0.717) is 5.69 Å². The van der Waals surface area contributed by atoms with Crippen LogP contribution in [0.5, 0.6) is 0 Å². The Morgan fingerprint density at radius 3 is 2.15 bits per heavy atom. The van der Waals surface area contributed by atoms with Crippen LogP contribution in [0.2, 0.25) is 0 Å². The number of aryl methyl sites for hydroxylation is 1. The van der Waals surface area contributed by atoms with Crippen LogP contribution < -0.4 is 14.5 Å². The molecule has 0 heterocycles. The van der Waals surface area contributed by atoms with Crippen molar-refractivity contribution in [3.63, 3.8) is 0 Å². The third kappa shape index (κ3) is 5.72. The molecule has 0 spiro atoms. The van der Waals surface area contributed by atoms with Crippen molar-refractivity contribution in [1.82, 2.24) is 0 Å². The highest BCUT2D eigenvalue weighted by molar-refractivity contribution is 7.92. The molecular formula is C20H27N3O3S. The number of hydrogen-bond donors (Lipinski definition) is 1. The van der Waals surface area contributed by atoms with E-state index in [4.69, 9.17) is 0 Å². The van der Waals surface area contributed by atoms with E-state index in [2.05, 4.69) is 5.32 Å². The Bertz CT molecular complexity index is 878. The zero-order valence-corrected chi connectivity index (χ0v) is 17.1. The first kappa shape index (κ1) is 20.8. The van der Waals surface area contributed by atoms with Crippen LogP contribution in [-0.2, 0) is 21.2 Å². The number of benzene rings is 2. The number of amides is 1. The zero-order chi connectivity index (χ0) is 20.0. The minimum atomic E-state index is -3.49. The normalized spacial score (nSPS) is 11.1. The van der Waals surface area contributed by atoms with Crippen LogP contribution in [0.4, 0.5) is 17.1 Å². The number of para-hydroxylation sites is 1. The topological polar surface area (TPSA) is 69.7 Å². The first-order chi connectivity index (χ1) is 12.7. The van der Waals surface area contributed by atoms with Crippen molar-refractivity contribution in [1.29, 1.82) is 0 Å². The number of nitrogens with zero attached hydrogens (tertiary/aromatic N) is 2. The van der Waals surface area contributed by atoms with Gasteiger partial charge >= 0.3 is 0 Å². The van der Waals surface area contributed by atoms with Gasteiger partial charge in [-0.1, -0.05) is 25.1 Å². The summed E-state index contributed by atoms with van der Waals surface area (Å²) in [6.45, 7) is 2.11. The molecule has 0 aliphatic heterocycles. The van der Waals surface area contributed by atoms with Crippen molar-refractivity contribution in [2.24, 2.45) is 0 Å². The minimum absolute atomic E-state index is 0.0700. The lowest BCUT2D eigenvalue weighted by Gasteiger charge is -2.23. The summed E-state index contributed by atoms with van der Waals surface area (Å²) in [6, 6.07) is 14.8. The smallest absolute Gasteiger partial charge is 0.232 e. The van der Waals surface area contributed by atoms with E-state index < -0.39 is 10.0 Å². The van der Waals surface area contributed by atoms with Crippen LogP contribution in [0.1, 0.15) is 18.9 Å². The zero-order valence-electron chi connectivity index (χ0n) is 16.3. The predicted octanol–water partition coefficient (Wildman–Crippen LogP) is 3.11. The maximum atomic E-state index is 12.3. The van der Waals surface area contributed by atoms with Crippen LogP contribution in [0.25, 0.3) is 0 Å². The Labute approximate surface area is 161 Å². The monoisotopic (exact) mass is 389 g/mol. The van der Waals surface area contributed by atoms with Gasteiger partial charge in [0.05, 0.1) is 11.9 Å². The lowest BCUT2D eigenvalue weighted by molar-refractivity contribution is -0.116. The molecule has 2 aromatic rings. The molecule has 0 bridgehead atoms. The van der Waals surface area contributed by atoms with Crippen LogP contribution in [-0.4, -0.2) is 41.2 Å². The number of anilines is 3. The molecule has 0 aliphatic carbocycles. The third-order valence-electron chi connectivity index (χ3n) is 4.27. The summed E-state index contributed by atoms with van der Waals surface area (Å²) in [5, 5.41) is 2.88. The van der Waals surface area contributed by atoms with Gasteiger partial charge in [-0.3, -0.25) is 9.10 Å². The van der Waals surface area contributed by atoms with E-state index in [0.717, 1.165) is 29.6 Å². The second-order valence-corrected chi connectivity index (χ2v) is 8.46. The highest BCUT2D eigenvalue weighted by Crippen LogP contribution is 2.22. The van der Waals surface area contributed by atoms with Crippen molar-refractivity contribution < 1.29 is 13.2 Å². The van der Waals surface area contributed by atoms with Gasteiger partial charge in [-0.25, -0.2) is 8.42 Å². The Hall–Kier alpha value is -2.54. The molecule has 1 N–H and O–H groups in total. The molecule has 6 nitrogen and oxygen atoms in total. The largest absolute Gasteiger partial charge is 0.378 e. The predicted molar refractivity (Wildman–Crippen MR) is 112 cm³/mol. The van der Waals surface area contributed by atoms with Crippen molar-refractivity contribution in [2.45, 2.75) is 19.8 Å². The highest BCUT2D eigenvalue weighted by atomic mass is 32.2. The summed E-state index contributed by atoms with van der Waals surface area (Å²) in [4.78, 5) is 14.3. The van der Waals surface area contributed by atoms with Crippen molar-refractivity contribution in [3.8, 4) is 0 Å². The second kappa shape index (κ2) is 8.90. The van der Waals surface area contributed by atoms with Gasteiger partial charge in [0.25, 0.3) is 0 Å². The standard InChI is InChI=1S/C20H27N3O3S/c1-5-16-8-6-7-9-19(16)21-20(24)14-15-23(27(4,25)26)18-12-10-17(11-13-18)22(2)3/h6-13H,5,14-15H2,1-4H3,(H,21,24). The highest BCUT2D eigenvalue weighted by Gasteiger charge is 2.19. The molecule has 2 rings (SSSR count). The van der Waals surface area contributed by atoms with E-state index in [1.807, 2.05) is 62.3 Å². The fraction of sp³-hybridized carbons (Fsp3) is 0.350. The number of carbonyl (C=O) groups excluding carboxylic acids is 1. The van der Waals surface area contributed by atoms with Crippen LogP contribution in [0, 0.1) is 0 Å². The molecule has 0 saturated carbocycles. The number of carbonyl (C=O) groups is 1. The van der Waals surface area contributed by atoms with E-state index in [1.54, 1.807) is 12.1 Å². The molecule has 0 fully saturated rings. The van der Waals surface area contributed by atoms with Gasteiger partial charge in [-0.15, -0.1) is 0 Å². The molecule has 7 heteroatoms. The number of hydrogen-bond acceptors (Lipinski definition) is 4. The number of rotatable bonds is 8. The van der Waals surface area contributed by atoms with Gasteiger partial charge in [-0.2, -0.15) is 0 Å². The molecule has 1 amide bonds. The lowest BCUT2D eigenvalue weighted by Crippen LogP contribution is -2.33. The molecule has 0 aromatic heterocycles. The molecule has 0 atom stereocenters. The second-order valence-electron chi connectivity index (χ2n) is 6.55. The van der Waals surface area contributed by atoms with Gasteiger partial charge in [0.2, 0.25) is 15.9 Å². The number of nitrogens with one attached hydrogen (secondary N) is 1. The summed E-state index contributed by atoms with van der Waals surface area (Å²) in [5.74, 6) is -0.213. The average Bonchev–Trinajstić information content (AvgIpc) is 2.61. The average molecular weight is 390 g/mol. The molecule has 2 aromatic carbocycles. The fourth-order valence-electron chi connectivity index (χ4n) is 2.77. The maximum absolute atomic E-state index is 12.3. The fourth-order valence-corrected chi connectivity index (χ4v) is 3.70. The Morgan fingerprint density at radius 2 is 1.59 bits per heavy atom. The summed E-state index contributed by atoms with van der Waals surface area (Å²) in [6.07, 6.45) is 2.03. The SMILES string of the molecule is CCc1ccccc1NC(=O)CCN(c1ccc(N(C)C)cc1)S(C)(=O)=O. The molecule has 146 valence electrons. The molecule has 0 aliphatic rings. The van der Waals surface area contributed by atoms with Crippen LogP contribution >= 0.6 is 0 Å². The maximum Gasteiger partial charge on any atom is 0.232 e. The Morgan fingerprint density at radius 1 is 1.00 bits per heavy atom. The van der Waals surface area contributed by atoms with Gasteiger partial charge in [0.1, 0.15) is 0 Å². The summed E-state index contributed by atoms with van der Waals surface area (Å²) >= 11 is 0.